The highest BCUT2D eigenvalue weighted by molar-refractivity contribution is 6.31. The second-order valence-electron chi connectivity index (χ2n) is 12.0. The zero-order chi connectivity index (χ0) is 31.9. The van der Waals surface area contributed by atoms with Gasteiger partial charge in [0.05, 0.1) is 22.7 Å². The van der Waals surface area contributed by atoms with Crippen molar-refractivity contribution in [2.45, 2.75) is 43.4 Å². The molecule has 0 saturated carbocycles. The third kappa shape index (κ3) is 4.05. The Morgan fingerprint density at radius 3 is 2.74 bits per heavy atom. The smallest absolute Gasteiger partial charge is 0.250 e. The number of primary amides is 1. The summed E-state index contributed by atoms with van der Waals surface area (Å²) < 4.78 is 24.3. The number of halogens is 3. The van der Waals surface area contributed by atoms with Gasteiger partial charge in [0.15, 0.2) is 0 Å². The van der Waals surface area contributed by atoms with Crippen LogP contribution in [-0.4, -0.2) is 38.9 Å². The van der Waals surface area contributed by atoms with Crippen LogP contribution in [0.2, 0.25) is 10.0 Å². The molecule has 8 rings (SSSR count). The van der Waals surface area contributed by atoms with Crippen LogP contribution in [0.3, 0.4) is 0 Å². The van der Waals surface area contributed by atoms with Gasteiger partial charge in [0, 0.05) is 52.8 Å². The molecule has 1 aromatic heterocycles. The van der Waals surface area contributed by atoms with Crippen molar-refractivity contribution < 1.29 is 18.7 Å². The van der Waals surface area contributed by atoms with Crippen LogP contribution in [0.5, 0.6) is 5.75 Å². The lowest BCUT2D eigenvalue weighted by atomic mass is 9.71. The van der Waals surface area contributed by atoms with E-state index >= 15 is 4.39 Å². The molecule has 5 aromatic rings. The number of nitrogens with two attached hydrogens (primary N) is 1. The molecular weight excluding hydrogens is 628 g/mol. The number of anilines is 1. The number of rotatable bonds is 6. The van der Waals surface area contributed by atoms with Crippen molar-refractivity contribution >= 4 is 51.7 Å². The molecule has 1 saturated heterocycles. The fourth-order valence-electron chi connectivity index (χ4n) is 7.99. The summed E-state index contributed by atoms with van der Waals surface area (Å²) in [6, 6.07) is 23.0. The van der Waals surface area contributed by atoms with Crippen LogP contribution in [0.25, 0.3) is 11.0 Å². The Bertz CT molecular complexity index is 2100. The van der Waals surface area contributed by atoms with E-state index in [2.05, 4.69) is 14.8 Å². The summed E-state index contributed by atoms with van der Waals surface area (Å²) in [4.78, 5) is 33.9. The molecule has 232 valence electrons. The van der Waals surface area contributed by atoms with Gasteiger partial charge >= 0.3 is 0 Å². The van der Waals surface area contributed by atoms with Gasteiger partial charge in [-0.2, -0.15) is 0 Å². The van der Waals surface area contributed by atoms with Gasteiger partial charge in [-0.05, 0) is 66.6 Å². The number of hydrogen-bond acceptors (Lipinski definition) is 5. The van der Waals surface area contributed by atoms with E-state index in [1.54, 1.807) is 36.4 Å². The number of nitrogens with zero attached hydrogens (tertiary/aromatic N) is 3. The first-order valence-electron chi connectivity index (χ1n) is 15.1. The summed E-state index contributed by atoms with van der Waals surface area (Å²) in [7, 11) is 0. The first kappa shape index (κ1) is 29.0. The van der Waals surface area contributed by atoms with Gasteiger partial charge in [0.2, 0.25) is 11.8 Å². The van der Waals surface area contributed by atoms with Gasteiger partial charge in [-0.3, -0.25) is 14.5 Å². The van der Waals surface area contributed by atoms with Crippen LogP contribution in [0, 0.1) is 5.82 Å². The Labute approximate surface area is 273 Å². The highest BCUT2D eigenvalue weighted by Gasteiger charge is 2.69. The van der Waals surface area contributed by atoms with Gasteiger partial charge < -0.3 is 20.4 Å². The standard InChI is InChI=1S/C35H28Cl2FN5O3/c1-2-46-21-6-3-5-18(13-21)16-43-28-17-42-27-12-9-19(32(39)44)14-26(27)40-33(42)29(28)30(22-7-4-8-24(37)31(22)38)35(43)23-11-10-20(36)15-25(23)41-34(35)45/h3-15,28-30H,2,16-17H2,1H3,(H2,39,44)(H,41,45)/t28-,29+,30-,35+/m0/s1. The highest BCUT2D eigenvalue weighted by Crippen LogP contribution is 2.65. The molecule has 3 N–H and O–H groups in total. The zero-order valence-corrected chi connectivity index (χ0v) is 26.1. The third-order valence-electron chi connectivity index (χ3n) is 9.67. The Morgan fingerprint density at radius 2 is 1.93 bits per heavy atom. The number of likely N-dealkylation sites (tertiary alicyclic amines) is 1. The maximum Gasteiger partial charge on any atom is 0.250 e. The molecule has 1 spiro atoms. The number of nitrogens with one attached hydrogen (secondary N) is 1. The van der Waals surface area contributed by atoms with E-state index in [-0.39, 0.29) is 17.0 Å². The van der Waals surface area contributed by atoms with E-state index in [0.717, 1.165) is 16.8 Å². The van der Waals surface area contributed by atoms with Gasteiger partial charge in [-0.25, -0.2) is 9.37 Å². The van der Waals surface area contributed by atoms with E-state index in [1.807, 2.05) is 43.3 Å². The van der Waals surface area contributed by atoms with E-state index in [4.69, 9.17) is 38.7 Å². The molecule has 0 bridgehead atoms. The fourth-order valence-corrected chi connectivity index (χ4v) is 8.34. The molecule has 2 amide bonds. The van der Waals surface area contributed by atoms with Crippen molar-refractivity contribution in [3.8, 4) is 5.75 Å². The fraction of sp³-hybridized carbons (Fsp3) is 0.229. The van der Waals surface area contributed by atoms with Crippen LogP contribution in [0.15, 0.2) is 78.9 Å². The van der Waals surface area contributed by atoms with Crippen molar-refractivity contribution in [2.75, 3.05) is 11.9 Å². The van der Waals surface area contributed by atoms with Crippen molar-refractivity contribution in [1.29, 1.82) is 0 Å². The molecule has 0 unspecified atom stereocenters. The maximum atomic E-state index is 16.3. The van der Waals surface area contributed by atoms with E-state index in [0.29, 0.717) is 58.4 Å². The minimum absolute atomic E-state index is 0.0283. The zero-order valence-electron chi connectivity index (χ0n) is 24.6. The molecule has 4 heterocycles. The number of ether oxygens (including phenoxy) is 1. The van der Waals surface area contributed by atoms with E-state index < -0.39 is 29.1 Å². The third-order valence-corrected chi connectivity index (χ3v) is 10.2. The van der Waals surface area contributed by atoms with Crippen molar-refractivity contribution in [1.82, 2.24) is 14.5 Å². The SMILES string of the molecule is CCOc1cccc(CN2[C@H]3Cn4c(nc5cc(C(N)=O)ccc54)[C@H]3[C@H](c3cccc(Cl)c3F)[C@]23C(=O)Nc2cc(Cl)ccc23)c1. The Kier molecular flexibility index (Phi) is 6.65. The van der Waals surface area contributed by atoms with Crippen molar-refractivity contribution in [2.24, 2.45) is 5.73 Å². The Hall–Kier alpha value is -4.44. The summed E-state index contributed by atoms with van der Waals surface area (Å²) in [5, 5.41) is 3.53. The number of aromatic nitrogens is 2. The van der Waals surface area contributed by atoms with E-state index in [9.17, 15) is 9.59 Å². The molecule has 4 aromatic carbocycles. The number of fused-ring (bicyclic) bond motifs is 7. The summed E-state index contributed by atoms with van der Waals surface area (Å²) in [6.45, 7) is 3.29. The average Bonchev–Trinajstić information content (AvgIpc) is 3.72. The first-order valence-corrected chi connectivity index (χ1v) is 15.8. The lowest BCUT2D eigenvalue weighted by Gasteiger charge is -2.40. The number of benzene rings is 4. The lowest BCUT2D eigenvalue weighted by Crippen LogP contribution is -2.52. The summed E-state index contributed by atoms with van der Waals surface area (Å²) in [6.07, 6.45) is 0. The van der Waals surface area contributed by atoms with E-state index in [1.165, 1.54) is 6.07 Å². The number of amides is 2. The molecular formula is C35H28Cl2FN5O3. The minimum atomic E-state index is -1.34. The number of imidazole rings is 1. The van der Waals surface area contributed by atoms with Crippen LogP contribution in [-0.2, 0) is 23.4 Å². The molecule has 3 aliphatic rings. The Morgan fingerprint density at radius 1 is 1.11 bits per heavy atom. The predicted molar refractivity (Wildman–Crippen MR) is 174 cm³/mol. The summed E-state index contributed by atoms with van der Waals surface area (Å²) in [5.74, 6) is -1.14. The normalized spacial score (nSPS) is 23.0. The second-order valence-corrected chi connectivity index (χ2v) is 12.8. The molecule has 3 aliphatic heterocycles. The molecule has 4 atom stereocenters. The van der Waals surface area contributed by atoms with Gasteiger partial charge in [-0.15, -0.1) is 0 Å². The van der Waals surface area contributed by atoms with Crippen LogP contribution in [0.4, 0.5) is 10.1 Å². The van der Waals surface area contributed by atoms with Gasteiger partial charge in [-0.1, -0.05) is 53.5 Å². The van der Waals surface area contributed by atoms with Crippen LogP contribution >= 0.6 is 23.2 Å². The van der Waals surface area contributed by atoms with Gasteiger partial charge in [0.1, 0.15) is 22.9 Å². The molecule has 11 heteroatoms. The average molecular weight is 657 g/mol. The predicted octanol–water partition coefficient (Wildman–Crippen LogP) is 6.59. The number of carbonyl (C=O) groups excluding carboxylic acids is 2. The Balaban J connectivity index is 1.40. The molecule has 8 nitrogen and oxygen atoms in total. The molecule has 46 heavy (non-hydrogen) atoms. The highest BCUT2D eigenvalue weighted by atomic mass is 35.5. The monoisotopic (exact) mass is 655 g/mol. The van der Waals surface area contributed by atoms with Crippen LogP contribution in [0.1, 0.15) is 51.6 Å². The second kappa shape index (κ2) is 10.6. The lowest BCUT2D eigenvalue weighted by molar-refractivity contribution is -0.128. The summed E-state index contributed by atoms with van der Waals surface area (Å²) >= 11 is 12.8. The largest absolute Gasteiger partial charge is 0.494 e. The minimum Gasteiger partial charge on any atom is -0.494 e. The molecule has 1 fully saturated rings. The van der Waals surface area contributed by atoms with Crippen molar-refractivity contribution in [3.63, 3.8) is 0 Å². The van der Waals surface area contributed by atoms with Crippen molar-refractivity contribution in [3.05, 3.63) is 123 Å². The van der Waals surface area contributed by atoms with Gasteiger partial charge in [0.25, 0.3) is 0 Å². The molecule has 0 aliphatic carbocycles. The summed E-state index contributed by atoms with van der Waals surface area (Å²) in [5.41, 5.74) is 8.57. The van der Waals surface area contributed by atoms with Crippen LogP contribution < -0.4 is 15.8 Å². The number of carbonyl (C=O) groups is 2. The maximum absolute atomic E-state index is 16.3. The first-order chi connectivity index (χ1) is 22.2. The quantitative estimate of drug-likeness (QED) is 0.215. The number of hydrogen-bond donors (Lipinski definition) is 2. The topological polar surface area (TPSA) is 102 Å². The molecule has 0 radical (unpaired) electrons.